The normalized spacial score (nSPS) is 18.7. The van der Waals surface area contributed by atoms with Crippen molar-refractivity contribution in [2.45, 2.75) is 152 Å². The van der Waals surface area contributed by atoms with Crippen molar-refractivity contribution in [3.8, 4) is 18.9 Å². The molecule has 0 amide bonds. The van der Waals surface area contributed by atoms with Gasteiger partial charge in [-0.1, -0.05) is 0 Å². The van der Waals surface area contributed by atoms with Crippen LogP contribution >= 0.6 is 40.5 Å². The molecule has 0 saturated heterocycles. The maximum atomic E-state index is 14.9. The predicted molar refractivity (Wildman–Crippen MR) is 231 cm³/mol. The Morgan fingerprint density at radius 1 is 0.441 bits per heavy atom. The fraction of sp³-hybridized carbons (Fsp3) is 0.600. The number of hydrogen-bond acceptors (Lipinski definition) is 2. The van der Waals surface area contributed by atoms with E-state index < -0.39 is 110 Å². The van der Waals surface area contributed by atoms with Gasteiger partial charge in [0, 0.05) is 0 Å². The van der Waals surface area contributed by atoms with Gasteiger partial charge in [-0.2, -0.15) is 0 Å². The summed E-state index contributed by atoms with van der Waals surface area (Å²) in [5.74, 6) is 0. The average Bonchev–Trinajstić information content (AvgIpc) is 3.61. The van der Waals surface area contributed by atoms with Gasteiger partial charge in [0.2, 0.25) is 0 Å². The topological polar surface area (TPSA) is 18.5 Å². The number of fused-ring (bicyclic) bond motifs is 2. The first kappa shape index (κ1) is 50.4. The van der Waals surface area contributed by atoms with Crippen LogP contribution < -0.4 is 0 Å². The molecule has 19 heteroatoms. The Balaban J connectivity index is 2.31. The Morgan fingerprint density at radius 2 is 0.678 bits per heavy atom. The van der Waals surface area contributed by atoms with Gasteiger partial charge in [-0.25, -0.2) is 0 Å². The van der Waals surface area contributed by atoms with Crippen molar-refractivity contribution in [2.75, 3.05) is 0 Å². The quantitative estimate of drug-likeness (QED) is 0.114. The van der Waals surface area contributed by atoms with Crippen LogP contribution in [0.25, 0.3) is 0 Å². The zero-order valence-electron chi connectivity index (χ0n) is 34.7. The van der Waals surface area contributed by atoms with E-state index >= 15 is 0 Å². The SMILES string of the molecule is CC(C)[Si](C(C)C)(C(C)C)[Si](C#CI1OC(C(F)(F)F)(C(F)(F)F)c2ccccc21)(C#CI1OC(C(F)(F)F)(C(F)(F)F)c2ccccc21)[Si](C(C)C)(C(C)C)C(C)C. The van der Waals surface area contributed by atoms with Crippen molar-refractivity contribution < 1.29 is 58.8 Å². The van der Waals surface area contributed by atoms with E-state index in [-0.39, 0.29) is 40.4 Å². The summed E-state index contributed by atoms with van der Waals surface area (Å²) in [6.45, 7) is 23.9. The van der Waals surface area contributed by atoms with Crippen LogP contribution in [0.1, 0.15) is 94.2 Å². The summed E-state index contributed by atoms with van der Waals surface area (Å²) in [7, 11) is -10.6. The Labute approximate surface area is 357 Å². The Kier molecular flexibility index (Phi) is 14.3. The Bertz CT molecular complexity index is 1770. The van der Waals surface area contributed by atoms with Gasteiger partial charge in [0.1, 0.15) is 0 Å². The number of halogens is 14. The summed E-state index contributed by atoms with van der Waals surface area (Å²) in [6, 6.07) is 8.62. The monoisotopic (exact) mass is 1130 g/mol. The minimum atomic E-state index is -5.93. The molecular weight excluding hydrogens is 1080 g/mol. The van der Waals surface area contributed by atoms with E-state index in [1.54, 1.807) is 0 Å². The average molecular weight is 1130 g/mol. The number of alkyl halides is 12. The summed E-state index contributed by atoms with van der Waals surface area (Å²) in [6.07, 6.45) is -23.7. The number of benzene rings is 2. The number of hydrogen-bond donors (Lipinski definition) is 0. The van der Waals surface area contributed by atoms with Crippen molar-refractivity contribution in [3.05, 3.63) is 66.8 Å². The van der Waals surface area contributed by atoms with Gasteiger partial charge in [-0.3, -0.25) is 0 Å². The first-order valence-corrected chi connectivity index (χ1v) is 33.6. The molecule has 0 radical (unpaired) electrons. The van der Waals surface area contributed by atoms with Gasteiger partial charge >= 0.3 is 360 Å². The van der Waals surface area contributed by atoms with E-state index in [0.29, 0.717) is 0 Å². The predicted octanol–water partition coefficient (Wildman–Crippen LogP) is 15.2. The van der Waals surface area contributed by atoms with Crippen LogP contribution in [0.2, 0.25) is 33.2 Å². The molecule has 0 aliphatic carbocycles. The van der Waals surface area contributed by atoms with Crippen LogP contribution in [-0.2, 0) is 17.3 Å². The van der Waals surface area contributed by atoms with Crippen LogP contribution in [0.3, 0.4) is 0 Å². The van der Waals surface area contributed by atoms with Crippen LogP contribution in [-0.4, -0.2) is 47.0 Å². The molecule has 0 saturated carbocycles. The van der Waals surface area contributed by atoms with Crippen molar-refractivity contribution in [1.82, 2.24) is 0 Å². The molecule has 0 atom stereocenters. The fourth-order valence-corrected chi connectivity index (χ4v) is 84.2. The summed E-state index contributed by atoms with van der Waals surface area (Å²) < 4.78 is 194. The molecule has 332 valence electrons. The molecular formula is C40H50F12I2O2Si3. The third-order valence-electron chi connectivity index (χ3n) is 12.5. The van der Waals surface area contributed by atoms with Crippen molar-refractivity contribution >= 4 is 62.8 Å². The molecule has 0 N–H and O–H groups in total. The standard InChI is InChI=1S/C40H50F12I2O2Si3/c1-25(2)58(26(3)4,27(5)6)57(59(28(7)8,29(9)10)30(11)12,23-21-53-33-19-15-13-17-31(33)35(55-53,37(41,42)43)38(44,45)46)24-22-54-34-20-16-14-18-32(34)36(56-54,39(47,48)49)40(50,51)52/h13-20,25-30H,1-12H3. The molecule has 0 unspecified atom stereocenters. The molecule has 0 spiro atoms. The van der Waals surface area contributed by atoms with E-state index in [1.807, 2.05) is 83.1 Å². The van der Waals surface area contributed by atoms with Crippen molar-refractivity contribution in [1.29, 1.82) is 0 Å². The van der Waals surface area contributed by atoms with E-state index in [9.17, 15) is 52.7 Å². The van der Waals surface area contributed by atoms with Crippen LogP contribution in [0.4, 0.5) is 52.7 Å². The van der Waals surface area contributed by atoms with E-state index in [0.717, 1.165) is 24.3 Å². The zero-order chi connectivity index (χ0) is 45.3. The second kappa shape index (κ2) is 16.7. The summed E-state index contributed by atoms with van der Waals surface area (Å²) in [5, 5.41) is 0. The molecule has 2 aliphatic rings. The molecule has 2 heterocycles. The number of rotatable bonds is 8. The van der Waals surface area contributed by atoms with Crippen molar-refractivity contribution in [2.24, 2.45) is 0 Å². The Hall–Kier alpha value is -1.25. The first-order valence-electron chi connectivity index (χ1n) is 19.1. The summed E-state index contributed by atoms with van der Waals surface area (Å²) in [4.78, 5) is 0. The van der Waals surface area contributed by atoms with Gasteiger partial charge in [0.15, 0.2) is 0 Å². The summed E-state index contributed by atoms with van der Waals surface area (Å²) in [5.41, 5.74) is -5.51. The second-order valence-electron chi connectivity index (χ2n) is 16.9. The van der Waals surface area contributed by atoms with Gasteiger partial charge in [-0.05, 0) is 0 Å². The van der Waals surface area contributed by atoms with E-state index in [1.165, 1.54) is 24.3 Å². The molecule has 0 bridgehead atoms. The van der Waals surface area contributed by atoms with Gasteiger partial charge in [0.05, 0.1) is 0 Å². The summed E-state index contributed by atoms with van der Waals surface area (Å²) >= 11 is -8.53. The third-order valence-corrected chi connectivity index (χ3v) is 63.8. The zero-order valence-corrected chi connectivity index (χ0v) is 42.0. The van der Waals surface area contributed by atoms with Crippen LogP contribution in [0, 0.1) is 26.1 Å². The fourth-order valence-electron chi connectivity index (χ4n) is 11.1. The molecule has 2 aromatic carbocycles. The minimum absolute atomic E-state index is 0.184. The molecule has 0 aromatic heterocycles. The molecule has 4 rings (SSSR count). The van der Waals surface area contributed by atoms with Gasteiger partial charge in [-0.15, -0.1) is 0 Å². The van der Waals surface area contributed by atoms with E-state index in [2.05, 4.69) is 18.9 Å². The molecule has 2 aromatic rings. The van der Waals surface area contributed by atoms with E-state index in [4.69, 9.17) is 6.13 Å². The van der Waals surface area contributed by atoms with Crippen molar-refractivity contribution in [3.63, 3.8) is 0 Å². The van der Waals surface area contributed by atoms with Crippen LogP contribution in [0.15, 0.2) is 48.5 Å². The van der Waals surface area contributed by atoms with Gasteiger partial charge in [0.25, 0.3) is 0 Å². The van der Waals surface area contributed by atoms with Crippen LogP contribution in [0.5, 0.6) is 0 Å². The third kappa shape index (κ3) is 7.29. The first-order chi connectivity index (χ1) is 26.8. The maximum absolute atomic E-state index is 14.9. The molecule has 0 fully saturated rings. The second-order valence-corrected chi connectivity index (χ2v) is 47.9. The molecule has 2 aliphatic heterocycles. The molecule has 59 heavy (non-hydrogen) atoms. The van der Waals surface area contributed by atoms with Gasteiger partial charge < -0.3 is 0 Å². The molecule has 2 nitrogen and oxygen atoms in total. The Morgan fingerprint density at radius 3 is 0.898 bits per heavy atom.